The highest BCUT2D eigenvalue weighted by atomic mass is 79.9. The maximum absolute atomic E-state index is 12.0. The predicted molar refractivity (Wildman–Crippen MR) is 90.1 cm³/mol. The molecule has 4 nitrogen and oxygen atoms in total. The van der Waals surface area contributed by atoms with Crippen molar-refractivity contribution < 1.29 is 0 Å². The minimum absolute atomic E-state index is 0.103. The van der Waals surface area contributed by atoms with E-state index < -0.39 is 0 Å². The van der Waals surface area contributed by atoms with Crippen molar-refractivity contribution in [1.29, 1.82) is 0 Å². The van der Waals surface area contributed by atoms with Crippen LogP contribution in [0.5, 0.6) is 0 Å². The first kappa shape index (κ1) is 16.0. The van der Waals surface area contributed by atoms with Crippen molar-refractivity contribution in [3.05, 3.63) is 55.9 Å². The molecule has 0 amide bonds. The van der Waals surface area contributed by atoms with Gasteiger partial charge < -0.3 is 5.32 Å². The summed E-state index contributed by atoms with van der Waals surface area (Å²) < 4.78 is 2.00. The fourth-order valence-corrected chi connectivity index (χ4v) is 2.53. The Morgan fingerprint density at radius 3 is 2.71 bits per heavy atom. The van der Waals surface area contributed by atoms with Crippen LogP contribution in [0.15, 0.2) is 39.7 Å². The number of hydrogen-bond acceptors (Lipinski definition) is 3. The quantitative estimate of drug-likeness (QED) is 0.843. The lowest BCUT2D eigenvalue weighted by Gasteiger charge is -2.10. The summed E-state index contributed by atoms with van der Waals surface area (Å²) in [5, 5.41) is 8.13. The molecule has 0 saturated heterocycles. The van der Waals surface area contributed by atoms with E-state index in [1.807, 2.05) is 31.2 Å². The lowest BCUT2D eigenvalue weighted by Crippen LogP contribution is -2.24. The summed E-state index contributed by atoms with van der Waals surface area (Å²) in [6, 6.07) is 7.74. The Hall–Kier alpha value is -1.33. The lowest BCUT2D eigenvalue weighted by molar-refractivity contribution is 0.566. The Kier molecular flexibility index (Phi) is 5.82. The normalized spacial score (nSPS) is 10.6. The number of halogens is 2. The molecule has 0 radical (unpaired) electrons. The zero-order valence-corrected chi connectivity index (χ0v) is 14.1. The highest BCUT2D eigenvalue weighted by molar-refractivity contribution is 9.10. The molecule has 2 rings (SSSR count). The second-order valence-corrected chi connectivity index (χ2v) is 5.93. The zero-order chi connectivity index (χ0) is 15.2. The molecule has 0 bridgehead atoms. The van der Waals surface area contributed by atoms with E-state index in [2.05, 4.69) is 26.3 Å². The molecular formula is C15H17BrClN3O. The Balaban J connectivity index is 1.99. The Morgan fingerprint density at radius 1 is 1.33 bits per heavy atom. The van der Waals surface area contributed by atoms with Gasteiger partial charge in [0.25, 0.3) is 5.56 Å². The van der Waals surface area contributed by atoms with Crippen LogP contribution in [-0.2, 0) is 13.0 Å². The number of aryl methyl sites for hydroxylation is 1. The van der Waals surface area contributed by atoms with E-state index in [1.54, 1.807) is 6.20 Å². The van der Waals surface area contributed by atoms with Crippen molar-refractivity contribution in [2.45, 2.75) is 26.3 Å². The average Bonchev–Trinajstić information content (AvgIpc) is 2.48. The summed E-state index contributed by atoms with van der Waals surface area (Å²) in [4.78, 5) is 12.0. The molecule has 0 spiro atoms. The molecule has 0 aliphatic heterocycles. The van der Waals surface area contributed by atoms with Crippen LogP contribution in [0.2, 0.25) is 5.02 Å². The number of nitrogens with zero attached hydrogens (tertiary/aromatic N) is 2. The summed E-state index contributed by atoms with van der Waals surface area (Å²) in [5.74, 6) is 0. The number of benzene rings is 1. The largest absolute Gasteiger partial charge is 0.382 e. The van der Waals surface area contributed by atoms with Crippen molar-refractivity contribution in [3.63, 3.8) is 0 Å². The third kappa shape index (κ3) is 4.32. The van der Waals surface area contributed by atoms with Gasteiger partial charge in [0.2, 0.25) is 0 Å². The zero-order valence-electron chi connectivity index (χ0n) is 11.8. The number of rotatable bonds is 6. The van der Waals surface area contributed by atoms with Crippen molar-refractivity contribution in [1.82, 2.24) is 9.78 Å². The molecule has 1 heterocycles. The second kappa shape index (κ2) is 7.61. The monoisotopic (exact) mass is 369 g/mol. The highest BCUT2D eigenvalue weighted by Gasteiger charge is 2.07. The number of nitrogens with one attached hydrogen (secondary N) is 1. The van der Waals surface area contributed by atoms with Gasteiger partial charge in [0.15, 0.2) is 0 Å². The molecule has 0 aliphatic carbocycles. The van der Waals surface area contributed by atoms with E-state index in [0.717, 1.165) is 30.1 Å². The molecule has 21 heavy (non-hydrogen) atoms. The first-order chi connectivity index (χ1) is 10.1. The van der Waals surface area contributed by atoms with Crippen LogP contribution >= 0.6 is 27.5 Å². The second-order valence-electron chi connectivity index (χ2n) is 4.70. The predicted octanol–water partition coefficient (Wildman–Crippen LogP) is 3.72. The molecule has 1 N–H and O–H groups in total. The smallest absolute Gasteiger partial charge is 0.283 e. The van der Waals surface area contributed by atoms with Gasteiger partial charge in [-0.1, -0.05) is 30.7 Å². The van der Waals surface area contributed by atoms with Crippen LogP contribution in [-0.4, -0.2) is 16.3 Å². The molecule has 1 aromatic heterocycles. The molecule has 112 valence electrons. The van der Waals surface area contributed by atoms with Crippen LogP contribution in [0.25, 0.3) is 0 Å². The molecule has 0 unspecified atom stereocenters. The minimum Gasteiger partial charge on any atom is -0.382 e. The maximum Gasteiger partial charge on any atom is 0.283 e. The minimum atomic E-state index is -0.103. The van der Waals surface area contributed by atoms with Gasteiger partial charge in [0.05, 0.1) is 11.9 Å². The summed E-state index contributed by atoms with van der Waals surface area (Å²) in [6.07, 6.45) is 3.41. The third-order valence-electron chi connectivity index (χ3n) is 3.06. The van der Waals surface area contributed by atoms with Gasteiger partial charge in [-0.15, -0.1) is 0 Å². The SMILES string of the molecule is CCCn1ncc(NCCc2ccc(Cl)cc2)c(Br)c1=O. The van der Waals surface area contributed by atoms with Gasteiger partial charge >= 0.3 is 0 Å². The number of hydrogen-bond donors (Lipinski definition) is 1. The molecule has 0 saturated carbocycles. The van der Waals surface area contributed by atoms with E-state index in [9.17, 15) is 4.79 Å². The topological polar surface area (TPSA) is 46.9 Å². The van der Waals surface area contributed by atoms with Crippen LogP contribution in [0.4, 0.5) is 5.69 Å². The summed E-state index contributed by atoms with van der Waals surface area (Å²) in [6.45, 7) is 3.36. The molecule has 0 atom stereocenters. The van der Waals surface area contributed by atoms with Gasteiger partial charge in [-0.05, 0) is 46.5 Å². The van der Waals surface area contributed by atoms with E-state index in [4.69, 9.17) is 11.6 Å². The van der Waals surface area contributed by atoms with Gasteiger partial charge in [0, 0.05) is 18.1 Å². The molecule has 0 aliphatic rings. The molecule has 1 aromatic carbocycles. The van der Waals surface area contributed by atoms with Crippen LogP contribution in [0.3, 0.4) is 0 Å². The van der Waals surface area contributed by atoms with Crippen molar-refractivity contribution in [2.75, 3.05) is 11.9 Å². The highest BCUT2D eigenvalue weighted by Crippen LogP contribution is 2.16. The molecule has 0 fully saturated rings. The molecular weight excluding hydrogens is 354 g/mol. The van der Waals surface area contributed by atoms with E-state index in [1.165, 1.54) is 10.2 Å². The number of aromatic nitrogens is 2. The van der Waals surface area contributed by atoms with E-state index in [-0.39, 0.29) is 5.56 Å². The van der Waals surface area contributed by atoms with Gasteiger partial charge in [-0.3, -0.25) is 4.79 Å². The maximum atomic E-state index is 12.0. The summed E-state index contributed by atoms with van der Waals surface area (Å²) >= 11 is 9.20. The van der Waals surface area contributed by atoms with Gasteiger partial charge in [-0.2, -0.15) is 5.10 Å². The molecule has 6 heteroatoms. The van der Waals surface area contributed by atoms with Crippen molar-refractivity contribution >= 4 is 33.2 Å². The van der Waals surface area contributed by atoms with Crippen LogP contribution in [0.1, 0.15) is 18.9 Å². The van der Waals surface area contributed by atoms with Crippen molar-refractivity contribution in [3.8, 4) is 0 Å². The standard InChI is InChI=1S/C15H17BrClN3O/c1-2-9-20-15(21)14(16)13(10-19-20)18-8-7-11-3-5-12(17)6-4-11/h3-6,10,18H,2,7-9H2,1H3. The van der Waals surface area contributed by atoms with E-state index in [0.29, 0.717) is 11.0 Å². The Morgan fingerprint density at radius 2 is 2.05 bits per heavy atom. The lowest BCUT2D eigenvalue weighted by atomic mass is 10.1. The summed E-state index contributed by atoms with van der Waals surface area (Å²) in [5.41, 5.74) is 1.81. The van der Waals surface area contributed by atoms with Gasteiger partial charge in [0.1, 0.15) is 4.47 Å². The third-order valence-corrected chi connectivity index (χ3v) is 4.08. The van der Waals surface area contributed by atoms with Gasteiger partial charge in [-0.25, -0.2) is 4.68 Å². The van der Waals surface area contributed by atoms with Crippen LogP contribution < -0.4 is 10.9 Å². The Labute approximate surface area is 137 Å². The summed E-state index contributed by atoms with van der Waals surface area (Å²) in [7, 11) is 0. The van der Waals surface area contributed by atoms with Crippen LogP contribution in [0, 0.1) is 0 Å². The fraction of sp³-hybridized carbons (Fsp3) is 0.333. The first-order valence-electron chi connectivity index (χ1n) is 6.85. The number of anilines is 1. The fourth-order valence-electron chi connectivity index (χ4n) is 1.95. The Bertz CT molecular complexity index is 655. The first-order valence-corrected chi connectivity index (χ1v) is 8.03. The van der Waals surface area contributed by atoms with E-state index >= 15 is 0 Å². The molecule has 2 aromatic rings. The van der Waals surface area contributed by atoms with Crippen molar-refractivity contribution in [2.24, 2.45) is 0 Å². The average molecular weight is 371 g/mol.